The zero-order valence-corrected chi connectivity index (χ0v) is 18.0. The van der Waals surface area contributed by atoms with Crippen molar-refractivity contribution in [2.24, 2.45) is 5.10 Å². The number of methoxy groups -OCH3 is 3. The molecule has 9 heteroatoms. The van der Waals surface area contributed by atoms with Gasteiger partial charge in [0.25, 0.3) is 11.5 Å². The van der Waals surface area contributed by atoms with Crippen LogP contribution in [-0.2, 0) is 0 Å². The predicted octanol–water partition coefficient (Wildman–Crippen LogP) is 2.65. The minimum atomic E-state index is -0.458. The van der Waals surface area contributed by atoms with Gasteiger partial charge in [-0.25, -0.2) is 10.1 Å². The Morgan fingerprint density at radius 3 is 2.10 bits per heavy atom. The number of carbonyl (C=O) groups excluding carboxylic acids is 1. The third-order valence-electron chi connectivity index (χ3n) is 4.70. The smallest absolute Gasteiger partial charge is 0.280 e. The number of amides is 1. The molecule has 0 saturated carbocycles. The van der Waals surface area contributed by atoms with E-state index in [1.165, 1.54) is 18.9 Å². The molecule has 2 aromatic carbocycles. The minimum absolute atomic E-state index is 0.277. The van der Waals surface area contributed by atoms with Gasteiger partial charge >= 0.3 is 0 Å². The van der Waals surface area contributed by atoms with Crippen LogP contribution in [0.25, 0.3) is 5.69 Å². The van der Waals surface area contributed by atoms with E-state index in [2.05, 4.69) is 15.6 Å². The zero-order valence-electron chi connectivity index (χ0n) is 18.0. The molecule has 2 N–H and O–H groups in total. The molecule has 0 unspecified atom stereocenters. The summed E-state index contributed by atoms with van der Waals surface area (Å²) in [5, 5.41) is 7.15. The number of aromatic nitrogens is 2. The molecule has 1 heterocycles. The van der Waals surface area contributed by atoms with Crippen molar-refractivity contribution >= 4 is 11.6 Å². The standard InChI is InChI=1S/C22H24N4O5/c1-13(23-24-21(27)15-10-18(30-4)12-19(11-15)31-5)20-14(2)25-26(22(20)28)16-6-8-17(29-3)9-7-16/h6-12,25H,1-5H3,(H,24,27). The van der Waals surface area contributed by atoms with Gasteiger partial charge in [0.2, 0.25) is 0 Å². The lowest BCUT2D eigenvalue weighted by atomic mass is 10.2. The molecule has 0 radical (unpaired) electrons. The molecular weight excluding hydrogens is 400 g/mol. The Morgan fingerprint density at radius 1 is 0.968 bits per heavy atom. The van der Waals surface area contributed by atoms with Gasteiger partial charge in [0.1, 0.15) is 17.2 Å². The van der Waals surface area contributed by atoms with Crippen LogP contribution < -0.4 is 25.2 Å². The molecule has 0 aliphatic rings. The zero-order chi connectivity index (χ0) is 22.5. The van der Waals surface area contributed by atoms with Crippen LogP contribution in [0.1, 0.15) is 28.5 Å². The van der Waals surface area contributed by atoms with E-state index >= 15 is 0 Å². The van der Waals surface area contributed by atoms with Crippen molar-refractivity contribution in [1.82, 2.24) is 15.2 Å². The number of carbonyl (C=O) groups is 1. The van der Waals surface area contributed by atoms with E-state index in [1.807, 2.05) is 0 Å². The number of ether oxygens (including phenoxy) is 3. The van der Waals surface area contributed by atoms with Crippen molar-refractivity contribution in [3.63, 3.8) is 0 Å². The van der Waals surface area contributed by atoms with Gasteiger partial charge in [-0.1, -0.05) is 0 Å². The molecule has 0 fully saturated rings. The Hall–Kier alpha value is -4.01. The summed E-state index contributed by atoms with van der Waals surface area (Å²) in [4.78, 5) is 25.5. The van der Waals surface area contributed by atoms with E-state index in [1.54, 1.807) is 63.4 Å². The molecule has 162 valence electrons. The molecule has 1 amide bonds. The van der Waals surface area contributed by atoms with Gasteiger partial charge in [0.15, 0.2) is 0 Å². The number of nitrogens with one attached hydrogen (secondary N) is 2. The lowest BCUT2D eigenvalue weighted by Gasteiger charge is -2.07. The summed E-state index contributed by atoms with van der Waals surface area (Å²) in [5.41, 5.74) is 4.54. The van der Waals surface area contributed by atoms with E-state index in [0.29, 0.717) is 45.5 Å². The number of hydrogen-bond donors (Lipinski definition) is 2. The van der Waals surface area contributed by atoms with Gasteiger partial charge in [0.05, 0.1) is 38.3 Å². The number of hydrogen-bond acceptors (Lipinski definition) is 6. The first-order chi connectivity index (χ1) is 14.9. The van der Waals surface area contributed by atoms with Crippen LogP contribution in [0.2, 0.25) is 0 Å². The summed E-state index contributed by atoms with van der Waals surface area (Å²) < 4.78 is 16.9. The summed E-state index contributed by atoms with van der Waals surface area (Å²) in [6, 6.07) is 11.9. The Balaban J connectivity index is 1.86. The molecule has 0 spiro atoms. The van der Waals surface area contributed by atoms with Crippen molar-refractivity contribution in [2.45, 2.75) is 13.8 Å². The monoisotopic (exact) mass is 424 g/mol. The fourth-order valence-electron chi connectivity index (χ4n) is 3.08. The molecule has 9 nitrogen and oxygen atoms in total. The van der Waals surface area contributed by atoms with E-state index in [4.69, 9.17) is 14.2 Å². The van der Waals surface area contributed by atoms with Gasteiger partial charge in [0, 0.05) is 17.3 Å². The van der Waals surface area contributed by atoms with Gasteiger partial charge in [-0.2, -0.15) is 5.10 Å². The van der Waals surface area contributed by atoms with E-state index in [0.717, 1.165) is 0 Å². The highest BCUT2D eigenvalue weighted by Crippen LogP contribution is 2.22. The predicted molar refractivity (Wildman–Crippen MR) is 117 cm³/mol. The van der Waals surface area contributed by atoms with Crippen LogP contribution in [0.3, 0.4) is 0 Å². The van der Waals surface area contributed by atoms with E-state index in [-0.39, 0.29) is 5.56 Å². The van der Waals surface area contributed by atoms with Crippen molar-refractivity contribution in [2.75, 3.05) is 21.3 Å². The topological polar surface area (TPSA) is 107 Å². The average Bonchev–Trinajstić information content (AvgIpc) is 3.10. The molecular formula is C22H24N4O5. The maximum atomic E-state index is 12.9. The SMILES string of the molecule is COc1ccc(-n2[nH]c(C)c(C(C)=NNC(=O)c3cc(OC)cc(OC)c3)c2=O)cc1. The van der Waals surface area contributed by atoms with Crippen LogP contribution >= 0.6 is 0 Å². The molecule has 1 aromatic heterocycles. The van der Waals surface area contributed by atoms with Crippen molar-refractivity contribution in [1.29, 1.82) is 0 Å². The summed E-state index contributed by atoms with van der Waals surface area (Å²) in [5.74, 6) is 1.19. The highest BCUT2D eigenvalue weighted by molar-refractivity contribution is 6.01. The number of nitrogens with zero attached hydrogens (tertiary/aromatic N) is 2. The van der Waals surface area contributed by atoms with Crippen LogP contribution in [0.4, 0.5) is 0 Å². The molecule has 31 heavy (non-hydrogen) atoms. The van der Waals surface area contributed by atoms with Crippen molar-refractivity contribution in [3.05, 3.63) is 69.6 Å². The number of hydrazone groups is 1. The molecule has 0 aliphatic heterocycles. The molecule has 3 aromatic rings. The summed E-state index contributed by atoms with van der Waals surface area (Å²) in [7, 11) is 4.58. The molecule has 0 bridgehead atoms. The van der Waals surface area contributed by atoms with E-state index in [9.17, 15) is 9.59 Å². The maximum absolute atomic E-state index is 12.9. The third-order valence-corrected chi connectivity index (χ3v) is 4.70. The van der Waals surface area contributed by atoms with Gasteiger partial charge in [-0.05, 0) is 50.2 Å². The Labute approximate surface area is 179 Å². The third kappa shape index (κ3) is 4.61. The number of aryl methyl sites for hydroxylation is 1. The average molecular weight is 424 g/mol. The maximum Gasteiger partial charge on any atom is 0.280 e. The number of aromatic amines is 1. The fourth-order valence-corrected chi connectivity index (χ4v) is 3.08. The molecule has 0 atom stereocenters. The molecule has 3 rings (SSSR count). The number of benzene rings is 2. The summed E-state index contributed by atoms with van der Waals surface area (Å²) in [6.45, 7) is 3.42. The summed E-state index contributed by atoms with van der Waals surface area (Å²) in [6.07, 6.45) is 0. The van der Waals surface area contributed by atoms with Crippen molar-refractivity contribution < 1.29 is 19.0 Å². The Morgan fingerprint density at radius 2 is 1.55 bits per heavy atom. The number of rotatable bonds is 7. The Bertz CT molecular complexity index is 1150. The first kappa shape index (κ1) is 21.7. The lowest BCUT2D eigenvalue weighted by Crippen LogP contribution is -2.23. The highest BCUT2D eigenvalue weighted by Gasteiger charge is 2.16. The van der Waals surface area contributed by atoms with E-state index < -0.39 is 5.91 Å². The van der Waals surface area contributed by atoms with Crippen LogP contribution in [0, 0.1) is 6.92 Å². The molecule has 0 saturated heterocycles. The Kier molecular flexibility index (Phi) is 6.44. The number of H-pyrrole nitrogens is 1. The van der Waals surface area contributed by atoms with Gasteiger partial charge in [-0.3, -0.25) is 14.7 Å². The van der Waals surface area contributed by atoms with Gasteiger partial charge in [-0.15, -0.1) is 0 Å². The van der Waals surface area contributed by atoms with Crippen LogP contribution in [0.15, 0.2) is 52.4 Å². The second-order valence-corrected chi connectivity index (χ2v) is 6.69. The van der Waals surface area contributed by atoms with Crippen LogP contribution in [0.5, 0.6) is 17.2 Å². The minimum Gasteiger partial charge on any atom is -0.497 e. The second-order valence-electron chi connectivity index (χ2n) is 6.69. The molecule has 0 aliphatic carbocycles. The second kappa shape index (κ2) is 9.21. The largest absolute Gasteiger partial charge is 0.497 e. The normalized spacial score (nSPS) is 11.2. The fraction of sp³-hybridized carbons (Fsp3) is 0.227. The quantitative estimate of drug-likeness (QED) is 0.448. The lowest BCUT2D eigenvalue weighted by molar-refractivity contribution is 0.0954. The first-order valence-corrected chi connectivity index (χ1v) is 9.42. The van der Waals surface area contributed by atoms with Crippen LogP contribution in [-0.4, -0.2) is 42.7 Å². The summed E-state index contributed by atoms with van der Waals surface area (Å²) >= 11 is 0. The first-order valence-electron chi connectivity index (χ1n) is 9.42. The van der Waals surface area contributed by atoms with Crippen molar-refractivity contribution in [3.8, 4) is 22.9 Å². The highest BCUT2D eigenvalue weighted by atomic mass is 16.5. The van der Waals surface area contributed by atoms with Gasteiger partial charge < -0.3 is 14.2 Å².